The van der Waals surface area contributed by atoms with Gasteiger partial charge in [-0.1, -0.05) is 18.2 Å². The zero-order chi connectivity index (χ0) is 17.4. The van der Waals surface area contributed by atoms with Gasteiger partial charge in [-0.25, -0.2) is 0 Å². The van der Waals surface area contributed by atoms with Crippen LogP contribution in [0.4, 0.5) is 0 Å². The Morgan fingerprint density at radius 3 is 2.64 bits per heavy atom. The van der Waals surface area contributed by atoms with Gasteiger partial charge < -0.3 is 14.8 Å². The summed E-state index contributed by atoms with van der Waals surface area (Å²) < 4.78 is 13.5. The third-order valence-corrected chi connectivity index (χ3v) is 4.19. The van der Waals surface area contributed by atoms with Crippen molar-refractivity contribution in [3.8, 4) is 11.5 Å². The number of hydrogen-bond donors (Lipinski definition) is 1. The molecule has 0 radical (unpaired) electrons. The van der Waals surface area contributed by atoms with Gasteiger partial charge in [-0.05, 0) is 38.1 Å². The second kappa shape index (κ2) is 6.08. The number of amides is 1. The van der Waals surface area contributed by atoms with E-state index in [1.807, 2.05) is 60.8 Å². The van der Waals surface area contributed by atoms with E-state index in [9.17, 15) is 4.79 Å². The van der Waals surface area contributed by atoms with Crippen molar-refractivity contribution in [2.45, 2.75) is 32.1 Å². The van der Waals surface area contributed by atoms with Crippen molar-refractivity contribution in [2.75, 3.05) is 0 Å². The first-order chi connectivity index (χ1) is 12.1. The highest BCUT2D eigenvalue weighted by Gasteiger charge is 2.35. The molecule has 0 fully saturated rings. The fraction of sp³-hybridized carbons (Fsp3) is 0.278. The highest BCUT2D eigenvalue weighted by molar-refractivity contribution is 5.82. The first-order valence-corrected chi connectivity index (χ1v) is 8.16. The lowest BCUT2D eigenvalue weighted by Gasteiger charge is -2.31. The molecule has 3 unspecified atom stereocenters. The molecule has 1 aromatic carbocycles. The number of benzene rings is 1. The van der Waals surface area contributed by atoms with Crippen LogP contribution in [0.3, 0.4) is 0 Å². The minimum absolute atomic E-state index is 0.248. The Balaban J connectivity index is 1.52. The van der Waals surface area contributed by atoms with Gasteiger partial charge in [0.2, 0.25) is 6.10 Å². The Labute approximate surface area is 144 Å². The summed E-state index contributed by atoms with van der Waals surface area (Å²) in [6.45, 7) is 3.68. The van der Waals surface area contributed by atoms with Crippen LogP contribution < -0.4 is 14.8 Å². The van der Waals surface area contributed by atoms with E-state index < -0.39 is 12.2 Å². The van der Waals surface area contributed by atoms with E-state index in [1.165, 1.54) is 0 Å². The standard InChI is InChI=1S/C18H18N4O3/c1-11(17-21-20-15-9-5-6-10-22(15)17)19-18(23)16-12(2)24-13-7-3-4-8-14(13)25-16/h3-12,16H,1-2H3,(H,19,23). The van der Waals surface area contributed by atoms with Crippen LogP contribution in [0, 0.1) is 0 Å². The smallest absolute Gasteiger partial charge is 0.265 e. The first-order valence-electron chi connectivity index (χ1n) is 8.16. The largest absolute Gasteiger partial charge is 0.482 e. The molecule has 1 aliphatic rings. The fourth-order valence-corrected chi connectivity index (χ4v) is 2.92. The van der Waals surface area contributed by atoms with Crippen molar-refractivity contribution in [2.24, 2.45) is 0 Å². The summed E-state index contributed by atoms with van der Waals surface area (Å²) in [6, 6.07) is 12.7. The topological polar surface area (TPSA) is 77.8 Å². The molecule has 0 saturated carbocycles. The number of para-hydroxylation sites is 2. The van der Waals surface area contributed by atoms with Crippen LogP contribution in [-0.4, -0.2) is 32.7 Å². The van der Waals surface area contributed by atoms with Gasteiger partial charge in [-0.2, -0.15) is 0 Å². The van der Waals surface area contributed by atoms with Gasteiger partial charge in [0, 0.05) is 6.20 Å². The number of fused-ring (bicyclic) bond motifs is 2. The molecule has 3 aromatic rings. The zero-order valence-corrected chi connectivity index (χ0v) is 13.9. The maximum atomic E-state index is 12.7. The molecular formula is C18H18N4O3. The number of carbonyl (C=O) groups excluding carboxylic acids is 1. The van der Waals surface area contributed by atoms with Crippen LogP contribution >= 0.6 is 0 Å². The van der Waals surface area contributed by atoms with Crippen molar-refractivity contribution < 1.29 is 14.3 Å². The van der Waals surface area contributed by atoms with E-state index in [4.69, 9.17) is 9.47 Å². The number of nitrogens with one attached hydrogen (secondary N) is 1. The molecule has 1 N–H and O–H groups in total. The summed E-state index contributed by atoms with van der Waals surface area (Å²) in [5, 5.41) is 11.2. The molecule has 128 valence electrons. The van der Waals surface area contributed by atoms with E-state index in [0.29, 0.717) is 17.3 Å². The summed E-state index contributed by atoms with van der Waals surface area (Å²) in [6.07, 6.45) is 0.751. The first kappa shape index (κ1) is 15.4. The molecule has 0 saturated heterocycles. The summed E-state index contributed by atoms with van der Waals surface area (Å²) in [7, 11) is 0. The molecule has 3 heterocycles. The van der Waals surface area contributed by atoms with Gasteiger partial charge in [0.25, 0.3) is 5.91 Å². The van der Waals surface area contributed by atoms with E-state index in [0.717, 1.165) is 5.65 Å². The second-order valence-corrected chi connectivity index (χ2v) is 6.03. The van der Waals surface area contributed by atoms with Crippen LogP contribution in [0.15, 0.2) is 48.7 Å². The lowest BCUT2D eigenvalue weighted by molar-refractivity contribution is -0.134. The normalized spacial score (nSPS) is 20.2. The highest BCUT2D eigenvalue weighted by Crippen LogP contribution is 2.33. The summed E-state index contributed by atoms with van der Waals surface area (Å²) in [4.78, 5) is 12.7. The Bertz CT molecular complexity index is 923. The number of ether oxygens (including phenoxy) is 2. The highest BCUT2D eigenvalue weighted by atomic mass is 16.6. The molecular weight excluding hydrogens is 320 g/mol. The third-order valence-electron chi connectivity index (χ3n) is 4.19. The Hall–Kier alpha value is -3.09. The molecule has 0 aliphatic carbocycles. The molecule has 7 nitrogen and oxygen atoms in total. The maximum Gasteiger partial charge on any atom is 0.265 e. The van der Waals surface area contributed by atoms with Crippen LogP contribution in [0.5, 0.6) is 11.5 Å². The Morgan fingerprint density at radius 1 is 1.12 bits per heavy atom. The zero-order valence-electron chi connectivity index (χ0n) is 13.9. The molecule has 3 atom stereocenters. The summed E-state index contributed by atoms with van der Waals surface area (Å²) in [5.74, 6) is 1.63. The monoisotopic (exact) mass is 338 g/mol. The van der Waals surface area contributed by atoms with Crippen molar-refractivity contribution in [1.82, 2.24) is 19.9 Å². The van der Waals surface area contributed by atoms with E-state index >= 15 is 0 Å². The lowest BCUT2D eigenvalue weighted by Crippen LogP contribution is -2.49. The minimum Gasteiger partial charge on any atom is -0.482 e. The van der Waals surface area contributed by atoms with Gasteiger partial charge in [0.1, 0.15) is 6.10 Å². The SMILES string of the molecule is CC(NC(=O)C1Oc2ccccc2OC1C)c1nnc2ccccn12. The Morgan fingerprint density at radius 2 is 1.84 bits per heavy atom. The quantitative estimate of drug-likeness (QED) is 0.792. The van der Waals surface area contributed by atoms with Gasteiger partial charge in [0.15, 0.2) is 23.0 Å². The Kier molecular flexibility index (Phi) is 3.76. The second-order valence-electron chi connectivity index (χ2n) is 6.03. The molecule has 1 aliphatic heterocycles. The van der Waals surface area contributed by atoms with Gasteiger partial charge >= 0.3 is 0 Å². The number of hydrogen-bond acceptors (Lipinski definition) is 5. The predicted molar refractivity (Wildman–Crippen MR) is 90.5 cm³/mol. The number of carbonyl (C=O) groups is 1. The van der Waals surface area contributed by atoms with Gasteiger partial charge in [-0.15, -0.1) is 10.2 Å². The molecule has 1 amide bonds. The number of rotatable bonds is 3. The van der Waals surface area contributed by atoms with E-state index in [1.54, 1.807) is 6.07 Å². The van der Waals surface area contributed by atoms with Crippen molar-refractivity contribution >= 4 is 11.6 Å². The number of aromatic nitrogens is 3. The van der Waals surface area contributed by atoms with E-state index in [-0.39, 0.29) is 11.9 Å². The summed E-state index contributed by atoms with van der Waals surface area (Å²) >= 11 is 0. The van der Waals surface area contributed by atoms with Crippen LogP contribution in [0.25, 0.3) is 5.65 Å². The van der Waals surface area contributed by atoms with Crippen LogP contribution in [0.2, 0.25) is 0 Å². The van der Waals surface area contributed by atoms with Crippen molar-refractivity contribution in [3.05, 3.63) is 54.5 Å². The van der Waals surface area contributed by atoms with Gasteiger partial charge in [0.05, 0.1) is 6.04 Å². The molecule has 0 bridgehead atoms. The van der Waals surface area contributed by atoms with Crippen LogP contribution in [0.1, 0.15) is 25.7 Å². The molecule has 2 aromatic heterocycles. The molecule has 7 heteroatoms. The maximum absolute atomic E-state index is 12.7. The molecule has 4 rings (SSSR count). The van der Waals surface area contributed by atoms with Gasteiger partial charge in [-0.3, -0.25) is 9.20 Å². The average Bonchev–Trinajstić information content (AvgIpc) is 3.05. The van der Waals surface area contributed by atoms with Crippen molar-refractivity contribution in [3.63, 3.8) is 0 Å². The average molecular weight is 338 g/mol. The van der Waals surface area contributed by atoms with Crippen molar-refractivity contribution in [1.29, 1.82) is 0 Å². The number of nitrogens with zero attached hydrogens (tertiary/aromatic N) is 3. The van der Waals surface area contributed by atoms with E-state index in [2.05, 4.69) is 15.5 Å². The van der Waals surface area contributed by atoms with Crippen LogP contribution in [-0.2, 0) is 4.79 Å². The summed E-state index contributed by atoms with van der Waals surface area (Å²) in [5.41, 5.74) is 0.734. The molecule has 25 heavy (non-hydrogen) atoms. The minimum atomic E-state index is -0.725. The third kappa shape index (κ3) is 2.77. The number of pyridine rings is 1. The predicted octanol–water partition coefficient (Wildman–Crippen LogP) is 2.13. The lowest BCUT2D eigenvalue weighted by atomic mass is 10.1. The fourth-order valence-electron chi connectivity index (χ4n) is 2.92. The molecule has 0 spiro atoms.